The van der Waals surface area contributed by atoms with E-state index in [2.05, 4.69) is 53.5 Å². The van der Waals surface area contributed by atoms with E-state index in [0.29, 0.717) is 0 Å². The molecule has 0 aliphatic heterocycles. The van der Waals surface area contributed by atoms with Gasteiger partial charge in [-0.25, -0.2) is 0 Å². The molecule has 0 amide bonds. The van der Waals surface area contributed by atoms with Crippen molar-refractivity contribution in [3.8, 4) is 0 Å². The first-order chi connectivity index (χ1) is 10.3. The second-order valence-electron chi connectivity index (χ2n) is 5.98. The van der Waals surface area contributed by atoms with Crippen molar-refractivity contribution in [2.75, 3.05) is 0 Å². The first-order valence-corrected chi connectivity index (χ1v) is 7.46. The van der Waals surface area contributed by atoms with Crippen LogP contribution in [0.15, 0.2) is 60.8 Å². The van der Waals surface area contributed by atoms with Crippen LogP contribution < -0.4 is 5.73 Å². The molecule has 1 aliphatic rings. The van der Waals surface area contributed by atoms with E-state index in [9.17, 15) is 0 Å². The van der Waals surface area contributed by atoms with Crippen molar-refractivity contribution in [1.82, 2.24) is 4.98 Å². The molecular formula is C19H18N2. The lowest BCUT2D eigenvalue weighted by Crippen LogP contribution is -2.42. The van der Waals surface area contributed by atoms with Crippen LogP contribution in [0.4, 0.5) is 0 Å². The molecule has 21 heavy (non-hydrogen) atoms. The fourth-order valence-corrected chi connectivity index (χ4v) is 3.53. The Morgan fingerprint density at radius 3 is 2.67 bits per heavy atom. The summed E-state index contributed by atoms with van der Waals surface area (Å²) in [5.74, 6) is 0. The van der Waals surface area contributed by atoms with Crippen LogP contribution in [-0.4, -0.2) is 4.98 Å². The minimum atomic E-state index is -0.295. The van der Waals surface area contributed by atoms with Gasteiger partial charge >= 0.3 is 0 Å². The number of pyridine rings is 1. The predicted octanol–water partition coefficient (Wildman–Crippen LogP) is 3.58. The Morgan fingerprint density at radius 1 is 0.905 bits per heavy atom. The summed E-state index contributed by atoms with van der Waals surface area (Å²) in [6.07, 6.45) is 4.77. The van der Waals surface area contributed by atoms with Gasteiger partial charge in [-0.1, -0.05) is 42.5 Å². The minimum Gasteiger partial charge on any atom is -0.321 e. The van der Waals surface area contributed by atoms with E-state index in [4.69, 9.17) is 5.73 Å². The molecule has 2 aromatic carbocycles. The standard InChI is InChI=1S/C19H18N2/c20-19(11-10-14-5-1-2-6-15(14)13-19)17-8-3-9-18-16(17)7-4-12-21-18/h1-9,12H,10-11,13,20H2. The normalized spacial score (nSPS) is 21.2. The van der Waals surface area contributed by atoms with Crippen molar-refractivity contribution < 1.29 is 0 Å². The fraction of sp³-hybridized carbons (Fsp3) is 0.211. The number of nitrogens with two attached hydrogens (primary N) is 1. The molecule has 0 saturated carbocycles. The summed E-state index contributed by atoms with van der Waals surface area (Å²) in [7, 11) is 0. The summed E-state index contributed by atoms with van der Waals surface area (Å²) in [6.45, 7) is 0. The van der Waals surface area contributed by atoms with Crippen molar-refractivity contribution >= 4 is 10.9 Å². The third-order valence-electron chi connectivity index (χ3n) is 4.65. The largest absolute Gasteiger partial charge is 0.321 e. The highest BCUT2D eigenvalue weighted by molar-refractivity contribution is 5.83. The van der Waals surface area contributed by atoms with Gasteiger partial charge in [0, 0.05) is 17.1 Å². The average molecular weight is 274 g/mol. The first kappa shape index (κ1) is 12.5. The molecule has 0 saturated heterocycles. The zero-order valence-corrected chi connectivity index (χ0v) is 11.9. The number of aromatic nitrogens is 1. The van der Waals surface area contributed by atoms with Crippen molar-refractivity contribution in [1.29, 1.82) is 0 Å². The Kier molecular flexibility index (Phi) is 2.79. The lowest BCUT2D eigenvalue weighted by molar-refractivity contribution is 0.388. The summed E-state index contributed by atoms with van der Waals surface area (Å²) >= 11 is 0. The quantitative estimate of drug-likeness (QED) is 0.736. The van der Waals surface area contributed by atoms with Gasteiger partial charge in [0.25, 0.3) is 0 Å². The highest BCUT2D eigenvalue weighted by atomic mass is 14.8. The molecule has 2 heteroatoms. The molecule has 3 aromatic rings. The monoisotopic (exact) mass is 274 g/mol. The van der Waals surface area contributed by atoms with Crippen LogP contribution in [0, 0.1) is 0 Å². The molecule has 0 fully saturated rings. The maximum absolute atomic E-state index is 6.83. The Bertz CT molecular complexity index is 804. The van der Waals surface area contributed by atoms with Crippen LogP contribution in [0.1, 0.15) is 23.1 Å². The predicted molar refractivity (Wildman–Crippen MR) is 86.1 cm³/mol. The molecule has 0 bridgehead atoms. The van der Waals surface area contributed by atoms with Gasteiger partial charge < -0.3 is 5.73 Å². The Balaban J connectivity index is 1.85. The van der Waals surface area contributed by atoms with Gasteiger partial charge in [-0.2, -0.15) is 0 Å². The lowest BCUT2D eigenvalue weighted by Gasteiger charge is -2.36. The maximum atomic E-state index is 6.83. The highest BCUT2D eigenvalue weighted by Crippen LogP contribution is 2.37. The zero-order chi connectivity index (χ0) is 14.3. The Morgan fingerprint density at radius 2 is 1.76 bits per heavy atom. The van der Waals surface area contributed by atoms with Gasteiger partial charge in [0.05, 0.1) is 5.52 Å². The molecule has 1 atom stereocenters. The van der Waals surface area contributed by atoms with Crippen molar-refractivity contribution in [3.63, 3.8) is 0 Å². The molecule has 2 nitrogen and oxygen atoms in total. The van der Waals surface area contributed by atoms with Crippen LogP contribution in [0.2, 0.25) is 0 Å². The maximum Gasteiger partial charge on any atom is 0.0705 e. The summed E-state index contributed by atoms with van der Waals surface area (Å²) in [4.78, 5) is 4.46. The highest BCUT2D eigenvalue weighted by Gasteiger charge is 2.33. The van der Waals surface area contributed by atoms with E-state index in [1.165, 1.54) is 22.1 Å². The molecule has 1 unspecified atom stereocenters. The molecule has 1 aromatic heterocycles. The van der Waals surface area contributed by atoms with E-state index in [-0.39, 0.29) is 5.54 Å². The van der Waals surface area contributed by atoms with E-state index < -0.39 is 0 Å². The average Bonchev–Trinajstić information content (AvgIpc) is 2.54. The number of benzene rings is 2. The van der Waals surface area contributed by atoms with Gasteiger partial charge in [0.1, 0.15) is 0 Å². The molecule has 104 valence electrons. The molecule has 1 aliphatic carbocycles. The Hall–Kier alpha value is -2.19. The van der Waals surface area contributed by atoms with Gasteiger partial charge in [0.15, 0.2) is 0 Å². The molecule has 0 radical (unpaired) electrons. The molecule has 0 spiro atoms. The van der Waals surface area contributed by atoms with E-state index >= 15 is 0 Å². The van der Waals surface area contributed by atoms with Gasteiger partial charge in [0.2, 0.25) is 0 Å². The molecule has 1 heterocycles. The zero-order valence-electron chi connectivity index (χ0n) is 11.9. The lowest BCUT2D eigenvalue weighted by atomic mass is 9.73. The summed E-state index contributed by atoms with van der Waals surface area (Å²) in [5.41, 5.74) is 11.6. The summed E-state index contributed by atoms with van der Waals surface area (Å²) < 4.78 is 0. The van der Waals surface area contributed by atoms with E-state index in [0.717, 1.165) is 24.8 Å². The number of rotatable bonds is 1. The number of nitrogens with zero attached hydrogens (tertiary/aromatic N) is 1. The summed E-state index contributed by atoms with van der Waals surface area (Å²) in [6, 6.07) is 19.1. The second kappa shape index (κ2) is 4.68. The van der Waals surface area contributed by atoms with Crippen molar-refractivity contribution in [2.24, 2.45) is 5.73 Å². The SMILES string of the molecule is NC1(c2cccc3ncccc23)CCc2ccccc2C1. The van der Waals surface area contributed by atoms with Crippen LogP contribution in [-0.2, 0) is 18.4 Å². The van der Waals surface area contributed by atoms with Gasteiger partial charge in [-0.3, -0.25) is 4.98 Å². The van der Waals surface area contributed by atoms with Crippen molar-refractivity contribution in [3.05, 3.63) is 77.5 Å². The molecule has 2 N–H and O–H groups in total. The van der Waals surface area contributed by atoms with Gasteiger partial charge in [-0.05, 0) is 48.1 Å². The van der Waals surface area contributed by atoms with Crippen LogP contribution >= 0.6 is 0 Å². The topological polar surface area (TPSA) is 38.9 Å². The number of hydrogen-bond acceptors (Lipinski definition) is 2. The Labute approximate surface area is 124 Å². The van der Waals surface area contributed by atoms with E-state index in [1.807, 2.05) is 12.3 Å². The van der Waals surface area contributed by atoms with Gasteiger partial charge in [-0.15, -0.1) is 0 Å². The van der Waals surface area contributed by atoms with E-state index in [1.54, 1.807) is 0 Å². The third-order valence-corrected chi connectivity index (χ3v) is 4.65. The third kappa shape index (κ3) is 2.03. The van der Waals surface area contributed by atoms with Crippen molar-refractivity contribution in [2.45, 2.75) is 24.8 Å². The molecule has 4 rings (SSSR count). The summed E-state index contributed by atoms with van der Waals surface area (Å²) in [5, 5.41) is 1.18. The fourth-order valence-electron chi connectivity index (χ4n) is 3.53. The second-order valence-corrected chi connectivity index (χ2v) is 5.98. The van der Waals surface area contributed by atoms with Crippen LogP contribution in [0.5, 0.6) is 0 Å². The first-order valence-electron chi connectivity index (χ1n) is 7.46. The number of hydrogen-bond donors (Lipinski definition) is 1. The van der Waals surface area contributed by atoms with Crippen LogP contribution in [0.25, 0.3) is 10.9 Å². The van der Waals surface area contributed by atoms with Crippen LogP contribution in [0.3, 0.4) is 0 Å². The minimum absolute atomic E-state index is 0.295. The number of aryl methyl sites for hydroxylation is 1. The smallest absolute Gasteiger partial charge is 0.0705 e. The molecular weight excluding hydrogens is 256 g/mol. The number of fused-ring (bicyclic) bond motifs is 2.